The largest absolute Gasteiger partial charge is 0.383 e. The molecule has 6 nitrogen and oxygen atoms in total. The number of imidazole rings is 1. The molecule has 0 radical (unpaired) electrons. The minimum Gasteiger partial charge on any atom is -0.383 e. The standard InChI is InChI=1S/C24H28N6.C2H6/c1-17-4-2-5-18(14-17)24-28-22(23(25)30(24)20-9-11-26-12-10-20)6-3-13-29-16-19-7-8-21(29)15-27-19;1-2/h2-6,9-12,14,19,21,27H,7-8,13,15-16,25H2,1H3;1-2H3/b6-3-;. The topological polar surface area (TPSA) is 72.0 Å². The average Bonchev–Trinajstić information content (AvgIpc) is 3.18. The zero-order chi connectivity index (χ0) is 22.5. The van der Waals surface area contributed by atoms with E-state index in [9.17, 15) is 0 Å². The van der Waals surface area contributed by atoms with Crippen LogP contribution in [0.2, 0.25) is 0 Å². The minimum atomic E-state index is 0.646. The molecule has 3 fully saturated rings. The third kappa shape index (κ3) is 4.61. The fourth-order valence-corrected chi connectivity index (χ4v) is 4.63. The van der Waals surface area contributed by atoms with Crippen LogP contribution in [0.5, 0.6) is 0 Å². The third-order valence-electron chi connectivity index (χ3n) is 6.22. The van der Waals surface area contributed by atoms with Crippen molar-refractivity contribution < 1.29 is 0 Å². The summed E-state index contributed by atoms with van der Waals surface area (Å²) in [5, 5.41) is 3.61. The number of hydrogen-bond acceptors (Lipinski definition) is 5. The van der Waals surface area contributed by atoms with Crippen molar-refractivity contribution in [2.45, 2.75) is 45.7 Å². The number of hydrogen-bond donors (Lipinski definition) is 2. The predicted octanol–water partition coefficient (Wildman–Crippen LogP) is 4.30. The van der Waals surface area contributed by atoms with Gasteiger partial charge < -0.3 is 11.1 Å². The highest BCUT2D eigenvalue weighted by molar-refractivity contribution is 5.70. The van der Waals surface area contributed by atoms with Gasteiger partial charge >= 0.3 is 0 Å². The molecule has 0 amide bonds. The van der Waals surface area contributed by atoms with Gasteiger partial charge in [0.25, 0.3) is 0 Å². The van der Waals surface area contributed by atoms with Crippen LogP contribution in [0.3, 0.4) is 0 Å². The Balaban J connectivity index is 0.00000119. The lowest BCUT2D eigenvalue weighted by atomic mass is 9.93. The van der Waals surface area contributed by atoms with Gasteiger partial charge in [-0.3, -0.25) is 14.5 Å². The first-order chi connectivity index (χ1) is 15.7. The summed E-state index contributed by atoms with van der Waals surface area (Å²) in [5.74, 6) is 1.50. The molecule has 6 rings (SSSR count). The van der Waals surface area contributed by atoms with Crippen molar-refractivity contribution in [2.75, 3.05) is 25.4 Å². The van der Waals surface area contributed by atoms with E-state index in [0.29, 0.717) is 17.9 Å². The van der Waals surface area contributed by atoms with E-state index < -0.39 is 0 Å². The summed E-state index contributed by atoms with van der Waals surface area (Å²) in [6.07, 6.45) is 10.4. The van der Waals surface area contributed by atoms with Crippen LogP contribution >= 0.6 is 0 Å². The number of nitrogens with one attached hydrogen (secondary N) is 1. The number of piperazine rings is 1. The quantitative estimate of drug-likeness (QED) is 0.631. The highest BCUT2D eigenvalue weighted by atomic mass is 15.2. The van der Waals surface area contributed by atoms with Gasteiger partial charge in [-0.25, -0.2) is 4.98 Å². The molecule has 3 aromatic rings. The van der Waals surface area contributed by atoms with Gasteiger partial charge in [0.05, 0.1) is 5.69 Å². The zero-order valence-corrected chi connectivity index (χ0v) is 19.3. The maximum absolute atomic E-state index is 6.60. The summed E-state index contributed by atoms with van der Waals surface area (Å²) in [7, 11) is 0. The average molecular weight is 431 g/mol. The first kappa shape index (κ1) is 22.2. The number of aromatic nitrogens is 3. The first-order valence-electron chi connectivity index (χ1n) is 11.7. The number of pyridine rings is 1. The Hall–Kier alpha value is -2.96. The Kier molecular flexibility index (Phi) is 7.02. The molecule has 2 unspecified atom stereocenters. The number of anilines is 1. The summed E-state index contributed by atoms with van der Waals surface area (Å²) in [5.41, 5.74) is 10.6. The summed E-state index contributed by atoms with van der Waals surface area (Å²) < 4.78 is 2.02. The lowest BCUT2D eigenvalue weighted by molar-refractivity contribution is 0.0869. The Morgan fingerprint density at radius 1 is 1.16 bits per heavy atom. The first-order valence-corrected chi connectivity index (χ1v) is 11.7. The molecule has 0 aliphatic carbocycles. The molecule has 2 atom stereocenters. The van der Waals surface area contributed by atoms with Crippen LogP contribution in [-0.2, 0) is 0 Å². The van der Waals surface area contributed by atoms with E-state index in [-0.39, 0.29) is 0 Å². The number of benzene rings is 1. The summed E-state index contributed by atoms with van der Waals surface area (Å²) in [6.45, 7) is 9.26. The predicted molar refractivity (Wildman–Crippen MR) is 133 cm³/mol. The molecule has 168 valence electrons. The SMILES string of the molecule is CC.Cc1cccc(-c2nc(/C=C\CN3CC4CCC3CN4)c(N)n2-c2ccncc2)c1. The second-order valence-electron chi connectivity index (χ2n) is 8.31. The van der Waals surface area contributed by atoms with Crippen molar-refractivity contribution in [3.8, 4) is 17.1 Å². The number of aryl methyl sites for hydroxylation is 1. The van der Waals surface area contributed by atoms with Crippen molar-refractivity contribution >= 4 is 11.9 Å². The van der Waals surface area contributed by atoms with Crippen LogP contribution in [0.1, 0.15) is 37.9 Å². The van der Waals surface area contributed by atoms with E-state index in [1.54, 1.807) is 12.4 Å². The second kappa shape index (κ2) is 10.1. The lowest BCUT2D eigenvalue weighted by Gasteiger charge is -2.45. The van der Waals surface area contributed by atoms with Gasteiger partial charge in [0.1, 0.15) is 17.3 Å². The van der Waals surface area contributed by atoms with Crippen molar-refractivity contribution in [3.63, 3.8) is 0 Å². The smallest absolute Gasteiger partial charge is 0.146 e. The van der Waals surface area contributed by atoms with Crippen molar-refractivity contribution in [3.05, 3.63) is 66.1 Å². The molecule has 3 aliphatic heterocycles. The van der Waals surface area contributed by atoms with Gasteiger partial charge in [-0.1, -0.05) is 43.7 Å². The molecule has 6 heteroatoms. The molecule has 1 aromatic carbocycles. The van der Waals surface area contributed by atoms with E-state index in [0.717, 1.165) is 42.4 Å². The molecule has 3 N–H and O–H groups in total. The molecule has 32 heavy (non-hydrogen) atoms. The molecule has 2 bridgehead atoms. The molecule has 3 aliphatic rings. The van der Waals surface area contributed by atoms with E-state index in [1.807, 2.05) is 30.5 Å². The van der Waals surface area contributed by atoms with Crippen LogP contribution < -0.4 is 11.1 Å². The summed E-state index contributed by atoms with van der Waals surface area (Å²) in [4.78, 5) is 11.6. The van der Waals surface area contributed by atoms with Crippen molar-refractivity contribution in [2.24, 2.45) is 0 Å². The van der Waals surface area contributed by atoms with Gasteiger partial charge in [0, 0.05) is 49.7 Å². The van der Waals surface area contributed by atoms with Crippen molar-refractivity contribution in [1.82, 2.24) is 24.8 Å². The van der Waals surface area contributed by atoms with Crippen LogP contribution in [0, 0.1) is 6.92 Å². The highest BCUT2D eigenvalue weighted by Crippen LogP contribution is 2.29. The second-order valence-corrected chi connectivity index (χ2v) is 8.31. The molecule has 5 heterocycles. The molecule has 2 aromatic heterocycles. The van der Waals surface area contributed by atoms with E-state index in [1.165, 1.54) is 18.4 Å². The van der Waals surface area contributed by atoms with E-state index in [2.05, 4.69) is 58.5 Å². The van der Waals surface area contributed by atoms with E-state index >= 15 is 0 Å². The van der Waals surface area contributed by atoms with Crippen LogP contribution in [0.25, 0.3) is 23.2 Å². The Morgan fingerprint density at radius 2 is 1.97 bits per heavy atom. The number of nitrogens with two attached hydrogens (primary N) is 1. The fraction of sp³-hybridized carbons (Fsp3) is 0.385. The monoisotopic (exact) mass is 430 g/mol. The van der Waals surface area contributed by atoms with Crippen LogP contribution in [0.15, 0.2) is 54.9 Å². The maximum Gasteiger partial charge on any atom is 0.146 e. The molecule has 0 spiro atoms. The normalized spacial score (nSPS) is 20.3. The number of rotatable bonds is 5. The fourth-order valence-electron chi connectivity index (χ4n) is 4.63. The Bertz CT molecular complexity index is 1050. The lowest BCUT2D eigenvalue weighted by Crippen LogP contribution is -2.60. The minimum absolute atomic E-state index is 0.646. The summed E-state index contributed by atoms with van der Waals surface area (Å²) >= 11 is 0. The van der Waals surface area contributed by atoms with E-state index in [4.69, 9.17) is 10.7 Å². The molecular formula is C26H34N6. The zero-order valence-electron chi connectivity index (χ0n) is 19.3. The Morgan fingerprint density at radius 3 is 2.62 bits per heavy atom. The van der Waals surface area contributed by atoms with Crippen LogP contribution in [0.4, 0.5) is 5.82 Å². The summed E-state index contributed by atoms with van der Waals surface area (Å²) in [6, 6.07) is 13.6. The van der Waals surface area contributed by atoms with Crippen LogP contribution in [-0.4, -0.2) is 51.2 Å². The number of piperidine rings is 2. The number of nitrogens with zero attached hydrogens (tertiary/aromatic N) is 4. The number of nitrogen functional groups attached to an aromatic ring is 1. The molecule has 0 saturated carbocycles. The maximum atomic E-state index is 6.60. The van der Waals surface area contributed by atoms with Crippen molar-refractivity contribution in [1.29, 1.82) is 0 Å². The highest BCUT2D eigenvalue weighted by Gasteiger charge is 2.32. The van der Waals surface area contributed by atoms with Gasteiger partial charge in [-0.05, 0) is 44.0 Å². The Labute approximate surface area is 191 Å². The van der Waals surface area contributed by atoms with Gasteiger partial charge in [-0.2, -0.15) is 0 Å². The number of fused-ring (bicyclic) bond motifs is 3. The molecular weight excluding hydrogens is 396 g/mol. The van der Waals surface area contributed by atoms with Gasteiger partial charge in [0.15, 0.2) is 0 Å². The van der Waals surface area contributed by atoms with Gasteiger partial charge in [0.2, 0.25) is 0 Å². The third-order valence-corrected chi connectivity index (χ3v) is 6.22. The molecule has 3 saturated heterocycles. The van der Waals surface area contributed by atoms with Gasteiger partial charge in [-0.15, -0.1) is 0 Å².